The molecule has 0 saturated carbocycles. The number of benzene rings is 1. The Morgan fingerprint density at radius 3 is 2.73 bits per heavy atom. The van der Waals surface area contributed by atoms with Crippen molar-refractivity contribution in [3.63, 3.8) is 0 Å². The Bertz CT molecular complexity index is 884. The Morgan fingerprint density at radius 1 is 1.31 bits per heavy atom. The molecular weight excluding hydrogens is 358 g/mol. The molecule has 1 amide bonds. The quantitative estimate of drug-likeness (QED) is 0.682. The number of methoxy groups -OCH3 is 1. The van der Waals surface area contributed by atoms with Crippen molar-refractivity contribution >= 4 is 21.6 Å². The maximum atomic E-state index is 13.0. The maximum Gasteiger partial charge on any atom is 0.263 e. The van der Waals surface area contributed by atoms with Gasteiger partial charge in [-0.15, -0.1) is 0 Å². The van der Waals surface area contributed by atoms with Crippen LogP contribution >= 0.6 is 0 Å². The number of carbonyl (C=O) groups excluding carboxylic acids is 1. The standard InChI is InChI=1S/C17H21N3O5S/c1-3-25-15-7-9-19-11-14(15)20-26(22,23)16-12(8-10-24-2)5-4-6-13(16)17(18)21/h4-7,9,11,20H,3,8,10H2,1-2H3,(H2,18,21). The van der Waals surface area contributed by atoms with Gasteiger partial charge in [0, 0.05) is 19.4 Å². The molecule has 0 aliphatic heterocycles. The van der Waals surface area contributed by atoms with Crippen molar-refractivity contribution in [1.82, 2.24) is 4.98 Å². The number of aromatic nitrogens is 1. The Balaban J connectivity index is 2.53. The molecule has 2 rings (SSSR count). The zero-order valence-electron chi connectivity index (χ0n) is 14.6. The van der Waals surface area contributed by atoms with E-state index in [4.69, 9.17) is 15.2 Å². The van der Waals surface area contributed by atoms with E-state index in [1.165, 1.54) is 25.6 Å². The number of hydrogen-bond acceptors (Lipinski definition) is 6. The van der Waals surface area contributed by atoms with Gasteiger partial charge in [0.15, 0.2) is 0 Å². The van der Waals surface area contributed by atoms with E-state index in [2.05, 4.69) is 9.71 Å². The number of anilines is 1. The second-order valence-electron chi connectivity index (χ2n) is 5.31. The highest BCUT2D eigenvalue weighted by atomic mass is 32.2. The fourth-order valence-electron chi connectivity index (χ4n) is 2.44. The Hall–Kier alpha value is -2.65. The minimum atomic E-state index is -4.12. The predicted molar refractivity (Wildman–Crippen MR) is 96.8 cm³/mol. The van der Waals surface area contributed by atoms with E-state index >= 15 is 0 Å². The molecule has 0 aliphatic carbocycles. The smallest absolute Gasteiger partial charge is 0.263 e. The van der Waals surface area contributed by atoms with Crippen molar-refractivity contribution in [2.45, 2.75) is 18.2 Å². The summed E-state index contributed by atoms with van der Waals surface area (Å²) < 4.78 is 38.9. The van der Waals surface area contributed by atoms with E-state index in [1.54, 1.807) is 25.1 Å². The summed E-state index contributed by atoms with van der Waals surface area (Å²) in [5, 5.41) is 0. The summed E-state index contributed by atoms with van der Waals surface area (Å²) in [6, 6.07) is 6.12. The van der Waals surface area contributed by atoms with E-state index in [9.17, 15) is 13.2 Å². The first-order chi connectivity index (χ1) is 12.4. The highest BCUT2D eigenvalue weighted by Crippen LogP contribution is 2.28. The fraction of sp³-hybridized carbons (Fsp3) is 0.294. The van der Waals surface area contributed by atoms with E-state index in [-0.39, 0.29) is 16.1 Å². The van der Waals surface area contributed by atoms with Gasteiger partial charge in [-0.3, -0.25) is 14.5 Å². The van der Waals surface area contributed by atoms with E-state index in [1.807, 2.05) is 0 Å². The van der Waals surface area contributed by atoms with Gasteiger partial charge in [-0.25, -0.2) is 8.42 Å². The lowest BCUT2D eigenvalue weighted by Gasteiger charge is -2.16. The number of pyridine rings is 1. The largest absolute Gasteiger partial charge is 0.492 e. The third-order valence-electron chi connectivity index (χ3n) is 3.53. The lowest BCUT2D eigenvalue weighted by molar-refractivity contribution is 0.0997. The van der Waals surface area contributed by atoms with Crippen LogP contribution in [0.3, 0.4) is 0 Å². The van der Waals surface area contributed by atoms with Gasteiger partial charge in [0.05, 0.1) is 25.0 Å². The first-order valence-corrected chi connectivity index (χ1v) is 9.39. The van der Waals surface area contributed by atoms with E-state index in [0.717, 1.165) is 0 Å². The van der Waals surface area contributed by atoms with Crippen LogP contribution < -0.4 is 15.2 Å². The molecule has 26 heavy (non-hydrogen) atoms. The lowest BCUT2D eigenvalue weighted by Crippen LogP contribution is -2.23. The highest BCUT2D eigenvalue weighted by molar-refractivity contribution is 7.92. The van der Waals surface area contributed by atoms with E-state index < -0.39 is 15.9 Å². The van der Waals surface area contributed by atoms with Crippen LogP contribution in [0.15, 0.2) is 41.6 Å². The molecule has 0 bridgehead atoms. The minimum absolute atomic E-state index is 0.0899. The molecule has 9 heteroatoms. The second kappa shape index (κ2) is 8.63. The Labute approximate surface area is 152 Å². The topological polar surface area (TPSA) is 121 Å². The van der Waals surface area contributed by atoms with Gasteiger partial charge in [-0.2, -0.15) is 0 Å². The van der Waals surface area contributed by atoms with Crippen molar-refractivity contribution in [3.8, 4) is 5.75 Å². The van der Waals surface area contributed by atoms with Crippen LogP contribution in [0.25, 0.3) is 0 Å². The highest BCUT2D eigenvalue weighted by Gasteiger charge is 2.26. The number of amides is 1. The molecule has 0 unspecified atom stereocenters. The summed E-state index contributed by atoms with van der Waals surface area (Å²) in [6.45, 7) is 2.43. The molecule has 140 valence electrons. The number of carbonyl (C=O) groups is 1. The molecule has 0 radical (unpaired) electrons. The lowest BCUT2D eigenvalue weighted by atomic mass is 10.1. The number of nitrogens with zero attached hydrogens (tertiary/aromatic N) is 1. The van der Waals surface area contributed by atoms with Gasteiger partial charge in [-0.1, -0.05) is 12.1 Å². The maximum absolute atomic E-state index is 13.0. The van der Waals surface area contributed by atoms with Crippen molar-refractivity contribution in [2.75, 3.05) is 25.0 Å². The van der Waals surface area contributed by atoms with Gasteiger partial charge in [-0.05, 0) is 25.0 Å². The number of ether oxygens (including phenoxy) is 2. The number of sulfonamides is 1. The summed E-state index contributed by atoms with van der Waals surface area (Å²) in [7, 11) is -2.61. The molecule has 1 aromatic heterocycles. The molecule has 0 atom stereocenters. The molecule has 0 aliphatic rings. The van der Waals surface area contributed by atoms with Gasteiger partial charge in [0.2, 0.25) is 5.91 Å². The molecule has 8 nitrogen and oxygen atoms in total. The minimum Gasteiger partial charge on any atom is -0.492 e. The summed E-state index contributed by atoms with van der Waals surface area (Å²) >= 11 is 0. The molecule has 2 aromatic rings. The normalized spacial score (nSPS) is 11.2. The third kappa shape index (κ3) is 4.50. The van der Waals surface area contributed by atoms with Crippen molar-refractivity contribution in [1.29, 1.82) is 0 Å². The second-order valence-corrected chi connectivity index (χ2v) is 6.93. The van der Waals surface area contributed by atoms with Crippen LogP contribution in [0.4, 0.5) is 5.69 Å². The molecule has 0 spiro atoms. The molecule has 1 aromatic carbocycles. The van der Waals surface area contributed by atoms with Crippen LogP contribution in [0.2, 0.25) is 0 Å². The molecule has 1 heterocycles. The SMILES string of the molecule is CCOc1ccncc1NS(=O)(=O)c1c(CCOC)cccc1C(N)=O. The summed E-state index contributed by atoms with van der Waals surface area (Å²) in [6.07, 6.45) is 3.13. The number of hydrogen-bond donors (Lipinski definition) is 2. The van der Waals surface area contributed by atoms with Crippen LogP contribution in [0, 0.1) is 0 Å². The number of nitrogens with one attached hydrogen (secondary N) is 1. The molecule has 0 fully saturated rings. The summed E-state index contributed by atoms with van der Waals surface area (Å²) in [5.41, 5.74) is 5.89. The monoisotopic (exact) mass is 379 g/mol. The van der Waals surface area contributed by atoms with Crippen molar-refractivity contribution in [3.05, 3.63) is 47.8 Å². The molecule has 3 N–H and O–H groups in total. The number of primary amides is 1. The predicted octanol–water partition coefficient (Wildman–Crippen LogP) is 1.57. The Morgan fingerprint density at radius 2 is 2.08 bits per heavy atom. The van der Waals surface area contributed by atoms with Gasteiger partial charge < -0.3 is 15.2 Å². The van der Waals surface area contributed by atoms with Crippen LogP contribution in [0.1, 0.15) is 22.8 Å². The zero-order chi connectivity index (χ0) is 19.2. The third-order valence-corrected chi connectivity index (χ3v) is 5.04. The van der Waals surface area contributed by atoms with Gasteiger partial charge in [0.1, 0.15) is 16.3 Å². The van der Waals surface area contributed by atoms with Crippen molar-refractivity contribution < 1.29 is 22.7 Å². The molecular formula is C17H21N3O5S. The fourth-order valence-corrected chi connectivity index (χ4v) is 3.96. The van der Waals surface area contributed by atoms with Crippen LogP contribution in [-0.4, -0.2) is 39.6 Å². The van der Waals surface area contributed by atoms with Gasteiger partial charge in [0.25, 0.3) is 10.0 Å². The van der Waals surface area contributed by atoms with E-state index in [0.29, 0.717) is 30.9 Å². The first kappa shape index (κ1) is 19.7. The molecule has 0 saturated heterocycles. The number of nitrogens with two attached hydrogens (primary N) is 1. The zero-order valence-corrected chi connectivity index (χ0v) is 15.4. The number of rotatable bonds is 9. The Kier molecular flexibility index (Phi) is 6.53. The van der Waals surface area contributed by atoms with Gasteiger partial charge >= 0.3 is 0 Å². The first-order valence-electron chi connectivity index (χ1n) is 7.91. The van der Waals surface area contributed by atoms with Crippen LogP contribution in [-0.2, 0) is 21.2 Å². The summed E-state index contributed by atoms with van der Waals surface area (Å²) in [5.74, 6) is -0.498. The average Bonchev–Trinajstić information content (AvgIpc) is 2.61. The average molecular weight is 379 g/mol. The van der Waals surface area contributed by atoms with Crippen LogP contribution in [0.5, 0.6) is 5.75 Å². The summed E-state index contributed by atoms with van der Waals surface area (Å²) in [4.78, 5) is 15.5. The van der Waals surface area contributed by atoms with Crippen molar-refractivity contribution in [2.24, 2.45) is 5.73 Å².